The molecular weight excluding hydrogens is 340 g/mol. The van der Waals surface area contributed by atoms with Gasteiger partial charge in [0.1, 0.15) is 17.2 Å². The summed E-state index contributed by atoms with van der Waals surface area (Å²) in [6.07, 6.45) is 3.92. The predicted molar refractivity (Wildman–Crippen MR) is 92.2 cm³/mol. The molecule has 1 N–H and O–H groups in total. The second kappa shape index (κ2) is 6.36. The van der Waals surface area contributed by atoms with Crippen LogP contribution in [0.1, 0.15) is 22.5 Å². The molecule has 1 aliphatic heterocycles. The van der Waals surface area contributed by atoms with Crippen molar-refractivity contribution >= 4 is 17.2 Å². The number of fused-ring (bicyclic) bond motifs is 1. The quantitative estimate of drug-likeness (QED) is 0.782. The molecule has 1 saturated heterocycles. The zero-order chi connectivity index (χ0) is 18.3. The van der Waals surface area contributed by atoms with E-state index in [2.05, 4.69) is 15.4 Å². The average Bonchev–Trinajstić information content (AvgIpc) is 3.21. The van der Waals surface area contributed by atoms with E-state index in [-0.39, 0.29) is 11.9 Å². The molecule has 6 nitrogen and oxygen atoms in total. The van der Waals surface area contributed by atoms with Gasteiger partial charge in [-0.05, 0) is 31.5 Å². The number of halogens is 2. The fourth-order valence-corrected chi connectivity index (χ4v) is 3.22. The molecule has 2 aromatic heterocycles. The summed E-state index contributed by atoms with van der Waals surface area (Å²) in [6, 6.07) is 5.21. The van der Waals surface area contributed by atoms with Gasteiger partial charge in [-0.3, -0.25) is 4.79 Å². The zero-order valence-corrected chi connectivity index (χ0v) is 14.1. The first-order chi connectivity index (χ1) is 12.5. The minimum Gasteiger partial charge on any atom is -0.367 e. The number of carbonyl (C=O) groups is 1. The van der Waals surface area contributed by atoms with Crippen LogP contribution in [0.5, 0.6) is 0 Å². The molecule has 0 radical (unpaired) electrons. The van der Waals surface area contributed by atoms with Gasteiger partial charge < -0.3 is 10.2 Å². The van der Waals surface area contributed by atoms with Crippen molar-refractivity contribution in [2.75, 3.05) is 18.0 Å². The molecule has 3 heterocycles. The minimum absolute atomic E-state index is 0.133. The van der Waals surface area contributed by atoms with Crippen molar-refractivity contribution in [2.24, 2.45) is 0 Å². The van der Waals surface area contributed by atoms with Gasteiger partial charge in [0.15, 0.2) is 5.65 Å². The van der Waals surface area contributed by atoms with Crippen LogP contribution in [-0.4, -0.2) is 39.6 Å². The third kappa shape index (κ3) is 2.98. The van der Waals surface area contributed by atoms with Crippen LogP contribution in [-0.2, 0) is 0 Å². The largest absolute Gasteiger partial charge is 0.367 e. The zero-order valence-electron chi connectivity index (χ0n) is 14.1. The van der Waals surface area contributed by atoms with Crippen molar-refractivity contribution in [1.29, 1.82) is 0 Å². The summed E-state index contributed by atoms with van der Waals surface area (Å²) < 4.78 is 28.6. The Morgan fingerprint density at radius 2 is 2.15 bits per heavy atom. The van der Waals surface area contributed by atoms with E-state index < -0.39 is 11.6 Å². The first kappa shape index (κ1) is 16.4. The van der Waals surface area contributed by atoms with Crippen molar-refractivity contribution in [3.05, 3.63) is 59.6 Å². The van der Waals surface area contributed by atoms with Crippen LogP contribution in [0.3, 0.4) is 0 Å². The molecule has 0 spiro atoms. The number of nitrogens with zero attached hydrogens (tertiary/aromatic N) is 4. The van der Waals surface area contributed by atoms with Gasteiger partial charge in [0.2, 0.25) is 0 Å². The number of carbonyl (C=O) groups excluding carboxylic acids is 1. The van der Waals surface area contributed by atoms with Gasteiger partial charge in [-0.15, -0.1) is 0 Å². The van der Waals surface area contributed by atoms with Crippen molar-refractivity contribution in [3.8, 4) is 0 Å². The number of benzene rings is 1. The molecule has 1 atom stereocenters. The first-order valence-electron chi connectivity index (χ1n) is 8.33. The number of aryl methyl sites for hydroxylation is 1. The lowest BCUT2D eigenvalue weighted by molar-refractivity contribution is 0.0942. The number of nitrogens with one attached hydrogen (secondary N) is 1. The fraction of sp³-hybridized carbons (Fsp3) is 0.278. The Morgan fingerprint density at radius 3 is 2.96 bits per heavy atom. The molecule has 0 saturated carbocycles. The molecule has 3 aromatic rings. The highest BCUT2D eigenvalue weighted by atomic mass is 19.1. The van der Waals surface area contributed by atoms with Crippen molar-refractivity contribution < 1.29 is 13.6 Å². The Balaban J connectivity index is 1.48. The van der Waals surface area contributed by atoms with E-state index in [9.17, 15) is 13.6 Å². The molecular formula is C18H17F2N5O. The van der Waals surface area contributed by atoms with Crippen LogP contribution in [0, 0.1) is 18.6 Å². The third-order valence-corrected chi connectivity index (χ3v) is 4.53. The van der Waals surface area contributed by atoms with E-state index in [0.29, 0.717) is 36.4 Å². The third-order valence-electron chi connectivity index (χ3n) is 4.53. The molecule has 1 amide bonds. The van der Waals surface area contributed by atoms with E-state index in [1.165, 1.54) is 18.3 Å². The monoisotopic (exact) mass is 357 g/mol. The summed E-state index contributed by atoms with van der Waals surface area (Å²) in [5, 5.41) is 7.09. The number of anilines is 1. The number of amides is 1. The lowest BCUT2D eigenvalue weighted by Crippen LogP contribution is -2.37. The molecule has 1 fully saturated rings. The van der Waals surface area contributed by atoms with Crippen LogP contribution >= 0.6 is 0 Å². The Bertz CT molecular complexity index is 987. The van der Waals surface area contributed by atoms with Crippen molar-refractivity contribution in [2.45, 2.75) is 19.4 Å². The lowest BCUT2D eigenvalue weighted by atomic mass is 10.2. The number of aromatic nitrogens is 3. The maximum Gasteiger partial charge on any atom is 0.257 e. The van der Waals surface area contributed by atoms with Crippen LogP contribution in [0.4, 0.5) is 14.5 Å². The highest BCUT2D eigenvalue weighted by Gasteiger charge is 2.27. The van der Waals surface area contributed by atoms with Crippen LogP contribution < -0.4 is 10.2 Å². The van der Waals surface area contributed by atoms with Crippen LogP contribution in [0.15, 0.2) is 36.7 Å². The summed E-state index contributed by atoms with van der Waals surface area (Å²) in [5.74, 6) is -1.46. The van der Waals surface area contributed by atoms with Gasteiger partial charge in [0.25, 0.3) is 5.91 Å². The van der Waals surface area contributed by atoms with Gasteiger partial charge in [0.05, 0.1) is 11.9 Å². The summed E-state index contributed by atoms with van der Waals surface area (Å²) in [5.41, 5.74) is 2.05. The molecule has 134 valence electrons. The van der Waals surface area contributed by atoms with E-state index in [4.69, 9.17) is 0 Å². The van der Waals surface area contributed by atoms with Crippen LogP contribution in [0.2, 0.25) is 0 Å². The predicted octanol–water partition coefficient (Wildman–Crippen LogP) is 2.32. The average molecular weight is 357 g/mol. The second-order valence-electron chi connectivity index (χ2n) is 6.40. The Labute approximate surface area is 148 Å². The first-order valence-corrected chi connectivity index (χ1v) is 8.33. The van der Waals surface area contributed by atoms with Gasteiger partial charge >= 0.3 is 0 Å². The summed E-state index contributed by atoms with van der Waals surface area (Å²) in [4.78, 5) is 18.8. The molecule has 1 aromatic carbocycles. The number of rotatable bonds is 3. The van der Waals surface area contributed by atoms with E-state index >= 15 is 0 Å². The van der Waals surface area contributed by atoms with Gasteiger partial charge in [0, 0.05) is 37.1 Å². The van der Waals surface area contributed by atoms with Gasteiger partial charge in [-0.1, -0.05) is 0 Å². The van der Waals surface area contributed by atoms with E-state index in [1.54, 1.807) is 15.6 Å². The maximum atomic E-state index is 13.9. The maximum absolute atomic E-state index is 13.9. The SMILES string of the molecule is Cc1ccn2ncc(C(=O)NC3CCN(c4ccc(F)cc4F)C3)c2n1. The second-order valence-corrected chi connectivity index (χ2v) is 6.40. The smallest absolute Gasteiger partial charge is 0.257 e. The van der Waals surface area contributed by atoms with Crippen LogP contribution in [0.25, 0.3) is 5.65 Å². The standard InChI is InChI=1S/C18H17F2N5O/c1-11-4-7-25-17(22-11)14(9-21-25)18(26)23-13-5-6-24(10-13)16-3-2-12(19)8-15(16)20/h2-4,7-9,13H,5-6,10H2,1H3,(H,23,26). The molecule has 0 bridgehead atoms. The van der Waals surface area contributed by atoms with Gasteiger partial charge in [-0.25, -0.2) is 18.3 Å². The number of hydrogen-bond acceptors (Lipinski definition) is 4. The Kier molecular flexibility index (Phi) is 4.02. The summed E-state index contributed by atoms with van der Waals surface area (Å²) >= 11 is 0. The minimum atomic E-state index is -0.605. The molecule has 4 rings (SSSR count). The molecule has 1 aliphatic rings. The highest BCUT2D eigenvalue weighted by Crippen LogP contribution is 2.24. The van der Waals surface area contributed by atoms with Gasteiger partial charge in [-0.2, -0.15) is 5.10 Å². The molecule has 0 aliphatic carbocycles. The normalized spacial score (nSPS) is 17.0. The highest BCUT2D eigenvalue weighted by molar-refractivity contribution is 5.99. The Hall–Kier alpha value is -3.03. The van der Waals surface area contributed by atoms with E-state index in [0.717, 1.165) is 11.8 Å². The van der Waals surface area contributed by atoms with Crippen molar-refractivity contribution in [3.63, 3.8) is 0 Å². The topological polar surface area (TPSA) is 62.5 Å². The lowest BCUT2D eigenvalue weighted by Gasteiger charge is -2.19. The Morgan fingerprint density at radius 1 is 1.31 bits per heavy atom. The summed E-state index contributed by atoms with van der Waals surface area (Å²) in [6.45, 7) is 2.89. The summed E-state index contributed by atoms with van der Waals surface area (Å²) in [7, 11) is 0. The molecule has 1 unspecified atom stereocenters. The van der Waals surface area contributed by atoms with E-state index in [1.807, 2.05) is 13.0 Å². The molecule has 8 heteroatoms. The fourth-order valence-electron chi connectivity index (χ4n) is 3.22. The number of hydrogen-bond donors (Lipinski definition) is 1. The van der Waals surface area contributed by atoms with Crippen molar-refractivity contribution in [1.82, 2.24) is 19.9 Å². The molecule has 26 heavy (non-hydrogen) atoms.